The van der Waals surface area contributed by atoms with Gasteiger partial charge in [-0.05, 0) is 37.5 Å². The second-order valence-electron chi connectivity index (χ2n) is 5.23. The largest absolute Gasteiger partial charge is 0.481 e. The maximum absolute atomic E-state index is 12.8. The van der Waals surface area contributed by atoms with Gasteiger partial charge in [-0.15, -0.1) is 0 Å². The van der Waals surface area contributed by atoms with Gasteiger partial charge in [0.2, 0.25) is 10.0 Å². The van der Waals surface area contributed by atoms with Crippen molar-refractivity contribution in [2.45, 2.75) is 43.5 Å². The number of aliphatic carboxylic acids is 1. The highest BCUT2D eigenvalue weighted by Crippen LogP contribution is 2.30. The first kappa shape index (κ1) is 16.3. The third-order valence-corrected chi connectivity index (χ3v) is 6.29. The van der Waals surface area contributed by atoms with E-state index in [1.54, 1.807) is 19.1 Å². The standard InChI is InChI=1S/C14H18ClNO4S/c1-10-12(15)6-4-7-13(10)21(19,20)16-8-3-2-5-11(16)9-14(17)18/h4,6-7,11H,2-3,5,8-9H2,1H3,(H,17,18). The first-order chi connectivity index (χ1) is 9.84. The van der Waals surface area contributed by atoms with Crippen LogP contribution in [0.1, 0.15) is 31.2 Å². The molecule has 0 spiro atoms. The molecule has 1 saturated heterocycles. The lowest BCUT2D eigenvalue weighted by molar-refractivity contribution is -0.138. The van der Waals surface area contributed by atoms with E-state index in [1.807, 2.05) is 0 Å². The summed E-state index contributed by atoms with van der Waals surface area (Å²) in [6.45, 7) is 2.01. The van der Waals surface area contributed by atoms with Gasteiger partial charge in [-0.1, -0.05) is 24.1 Å². The summed E-state index contributed by atoms with van der Waals surface area (Å²) < 4.78 is 27.0. The molecular weight excluding hydrogens is 314 g/mol. The molecule has 1 aliphatic heterocycles. The van der Waals surface area contributed by atoms with Crippen LogP contribution < -0.4 is 0 Å². The summed E-state index contributed by atoms with van der Waals surface area (Å²) in [5.74, 6) is -0.982. The second-order valence-corrected chi connectivity index (χ2v) is 7.49. The first-order valence-electron chi connectivity index (χ1n) is 6.83. The smallest absolute Gasteiger partial charge is 0.304 e. The molecule has 5 nitrogen and oxygen atoms in total. The van der Waals surface area contributed by atoms with Crippen molar-refractivity contribution in [3.63, 3.8) is 0 Å². The summed E-state index contributed by atoms with van der Waals surface area (Å²) in [4.78, 5) is 11.1. The van der Waals surface area contributed by atoms with Gasteiger partial charge in [0, 0.05) is 17.6 Å². The van der Waals surface area contributed by atoms with Crippen LogP contribution in [0.25, 0.3) is 0 Å². The summed E-state index contributed by atoms with van der Waals surface area (Å²) in [6, 6.07) is 4.27. The summed E-state index contributed by atoms with van der Waals surface area (Å²) in [7, 11) is -3.72. The fraction of sp³-hybridized carbons (Fsp3) is 0.500. The molecule has 0 aromatic heterocycles. The van der Waals surface area contributed by atoms with Crippen molar-refractivity contribution < 1.29 is 18.3 Å². The van der Waals surface area contributed by atoms with E-state index in [9.17, 15) is 13.2 Å². The van der Waals surface area contributed by atoms with Gasteiger partial charge in [-0.3, -0.25) is 4.79 Å². The SMILES string of the molecule is Cc1c(Cl)cccc1S(=O)(=O)N1CCCCC1CC(=O)O. The van der Waals surface area contributed by atoms with Gasteiger partial charge in [0.1, 0.15) is 0 Å². The summed E-state index contributed by atoms with van der Waals surface area (Å²) in [5, 5.41) is 9.37. The van der Waals surface area contributed by atoms with E-state index in [2.05, 4.69) is 0 Å². The Morgan fingerprint density at radius 1 is 1.43 bits per heavy atom. The Bertz CT molecular complexity index is 644. The number of hydrogen-bond donors (Lipinski definition) is 1. The molecule has 1 fully saturated rings. The zero-order chi connectivity index (χ0) is 15.6. The number of carboxylic acid groups (broad SMARTS) is 1. The molecule has 1 aromatic rings. The van der Waals surface area contributed by atoms with Crippen molar-refractivity contribution in [3.05, 3.63) is 28.8 Å². The van der Waals surface area contributed by atoms with Gasteiger partial charge in [0.15, 0.2) is 0 Å². The molecule has 2 rings (SSSR count). The van der Waals surface area contributed by atoms with E-state index in [0.717, 1.165) is 12.8 Å². The van der Waals surface area contributed by atoms with E-state index < -0.39 is 22.0 Å². The number of carbonyl (C=O) groups is 1. The predicted molar refractivity (Wildman–Crippen MR) is 80.0 cm³/mol. The van der Waals surface area contributed by atoms with Crippen LogP contribution in [0.3, 0.4) is 0 Å². The number of rotatable bonds is 4. The van der Waals surface area contributed by atoms with Crippen LogP contribution in [0.5, 0.6) is 0 Å². The highest BCUT2D eigenvalue weighted by molar-refractivity contribution is 7.89. The highest BCUT2D eigenvalue weighted by atomic mass is 35.5. The quantitative estimate of drug-likeness (QED) is 0.920. The summed E-state index contributed by atoms with van der Waals surface area (Å²) in [6.07, 6.45) is 2.00. The number of hydrogen-bond acceptors (Lipinski definition) is 3. The molecule has 0 bridgehead atoms. The molecule has 1 N–H and O–H groups in total. The number of piperidine rings is 1. The molecule has 1 atom stereocenters. The van der Waals surface area contributed by atoms with Crippen LogP contribution in [-0.4, -0.2) is 36.4 Å². The van der Waals surface area contributed by atoms with E-state index in [-0.39, 0.29) is 11.3 Å². The molecule has 7 heteroatoms. The maximum Gasteiger partial charge on any atom is 0.304 e. The molecular formula is C14H18ClNO4S. The Morgan fingerprint density at radius 2 is 2.14 bits per heavy atom. The molecule has 0 radical (unpaired) electrons. The molecule has 1 heterocycles. The van der Waals surface area contributed by atoms with Gasteiger partial charge in [0.25, 0.3) is 0 Å². The van der Waals surface area contributed by atoms with Crippen molar-refractivity contribution in [2.24, 2.45) is 0 Å². The molecule has 0 amide bonds. The van der Waals surface area contributed by atoms with Gasteiger partial charge < -0.3 is 5.11 Å². The number of benzene rings is 1. The molecule has 0 saturated carbocycles. The zero-order valence-corrected chi connectivity index (χ0v) is 13.3. The average Bonchev–Trinajstić information content (AvgIpc) is 2.41. The third-order valence-electron chi connectivity index (χ3n) is 3.79. The van der Waals surface area contributed by atoms with Gasteiger partial charge in [0.05, 0.1) is 11.3 Å². The minimum atomic E-state index is -3.72. The molecule has 21 heavy (non-hydrogen) atoms. The molecule has 1 aromatic carbocycles. The molecule has 0 aliphatic carbocycles. The Morgan fingerprint density at radius 3 is 2.81 bits per heavy atom. The van der Waals surface area contributed by atoms with Crippen LogP contribution in [-0.2, 0) is 14.8 Å². The van der Waals surface area contributed by atoms with Gasteiger partial charge in [-0.25, -0.2) is 8.42 Å². The normalized spacial score (nSPS) is 20.4. The minimum absolute atomic E-state index is 0.160. The van der Waals surface area contributed by atoms with Crippen LogP contribution >= 0.6 is 11.6 Å². The van der Waals surface area contributed by atoms with E-state index in [1.165, 1.54) is 10.4 Å². The molecule has 1 aliphatic rings. The highest BCUT2D eigenvalue weighted by Gasteiger charge is 2.35. The zero-order valence-electron chi connectivity index (χ0n) is 11.8. The average molecular weight is 332 g/mol. The number of nitrogens with zero attached hydrogens (tertiary/aromatic N) is 1. The summed E-state index contributed by atoms with van der Waals surface area (Å²) >= 11 is 6.00. The predicted octanol–water partition coefficient (Wildman–Crippen LogP) is 2.67. The van der Waals surface area contributed by atoms with Crippen molar-refractivity contribution in [3.8, 4) is 0 Å². The lowest BCUT2D eigenvalue weighted by Crippen LogP contribution is -2.44. The lowest BCUT2D eigenvalue weighted by Gasteiger charge is -2.34. The van der Waals surface area contributed by atoms with Gasteiger partial charge >= 0.3 is 5.97 Å². The number of halogens is 1. The van der Waals surface area contributed by atoms with E-state index in [0.29, 0.717) is 23.6 Å². The Kier molecular flexibility index (Phi) is 4.91. The van der Waals surface area contributed by atoms with Crippen molar-refractivity contribution in [1.29, 1.82) is 0 Å². The van der Waals surface area contributed by atoms with Crippen molar-refractivity contribution >= 4 is 27.6 Å². The second kappa shape index (κ2) is 6.34. The lowest BCUT2D eigenvalue weighted by atomic mass is 10.0. The minimum Gasteiger partial charge on any atom is -0.481 e. The summed E-state index contributed by atoms with van der Waals surface area (Å²) in [5.41, 5.74) is 0.499. The van der Waals surface area contributed by atoms with Crippen molar-refractivity contribution in [1.82, 2.24) is 4.31 Å². The Labute approximate surface area is 129 Å². The van der Waals surface area contributed by atoms with Crippen LogP contribution in [0.15, 0.2) is 23.1 Å². The fourth-order valence-corrected chi connectivity index (χ4v) is 4.86. The Hall–Kier alpha value is -1.11. The van der Waals surface area contributed by atoms with E-state index in [4.69, 9.17) is 16.7 Å². The topological polar surface area (TPSA) is 74.7 Å². The Balaban J connectivity index is 2.40. The van der Waals surface area contributed by atoms with Crippen LogP contribution in [0.4, 0.5) is 0 Å². The monoisotopic (exact) mass is 331 g/mol. The molecule has 116 valence electrons. The molecule has 1 unspecified atom stereocenters. The number of sulfonamides is 1. The van der Waals surface area contributed by atoms with Crippen LogP contribution in [0, 0.1) is 6.92 Å². The first-order valence-corrected chi connectivity index (χ1v) is 8.64. The third kappa shape index (κ3) is 3.39. The van der Waals surface area contributed by atoms with E-state index >= 15 is 0 Å². The van der Waals surface area contributed by atoms with Crippen LogP contribution in [0.2, 0.25) is 5.02 Å². The van der Waals surface area contributed by atoms with Crippen molar-refractivity contribution in [2.75, 3.05) is 6.54 Å². The fourth-order valence-electron chi connectivity index (χ4n) is 2.69. The maximum atomic E-state index is 12.8. The number of carboxylic acids is 1. The van der Waals surface area contributed by atoms with Gasteiger partial charge in [-0.2, -0.15) is 4.31 Å².